The van der Waals surface area contributed by atoms with Gasteiger partial charge >= 0.3 is 24.4 Å². The Kier molecular flexibility index (Phi) is 21.6. The topological polar surface area (TPSA) is 189 Å². The zero-order valence-corrected chi connectivity index (χ0v) is 63.9. The van der Waals surface area contributed by atoms with Crippen LogP contribution in [0.1, 0.15) is 80.6 Å². The van der Waals surface area contributed by atoms with Crippen molar-refractivity contribution in [2.24, 2.45) is 0 Å². The van der Waals surface area contributed by atoms with Gasteiger partial charge in [-0.15, -0.1) is 0 Å². The molecule has 12 aromatic rings. The van der Waals surface area contributed by atoms with E-state index >= 15 is 0 Å². The molecule has 5 amide bonds. The highest BCUT2D eigenvalue weighted by Gasteiger charge is 2.35. The summed E-state index contributed by atoms with van der Waals surface area (Å²) in [5.74, 6) is 0.285. The first-order chi connectivity index (χ1) is 52.7. The third-order valence-corrected chi connectivity index (χ3v) is 22.7. The van der Waals surface area contributed by atoms with Gasteiger partial charge in [0.25, 0.3) is 0 Å². The number of halogens is 2. The lowest BCUT2D eigenvalue weighted by atomic mass is 10.0. The number of carbonyl (C=O) groups is 6. The first kappa shape index (κ1) is 72.5. The molecule has 0 radical (unpaired) electrons. The maximum Gasteiger partial charge on any atom is 0.410 e. The van der Waals surface area contributed by atoms with Crippen molar-refractivity contribution in [3.05, 3.63) is 270 Å². The van der Waals surface area contributed by atoms with Crippen molar-refractivity contribution >= 4 is 123 Å². The van der Waals surface area contributed by atoms with Gasteiger partial charge < -0.3 is 67.0 Å². The lowest BCUT2D eigenvalue weighted by molar-refractivity contribution is -0.120. The molecule has 20 nitrogen and oxygen atoms in total. The van der Waals surface area contributed by atoms with E-state index in [1.54, 1.807) is 19.6 Å². The molecule has 552 valence electrons. The molecule has 18 rings (SSSR count). The Balaban J connectivity index is 0.000000115. The monoisotopic (exact) mass is 1570 g/mol. The molecule has 8 aromatic carbocycles. The first-order valence-electron chi connectivity index (χ1n) is 36.8. The van der Waals surface area contributed by atoms with Crippen molar-refractivity contribution in [1.29, 1.82) is 0 Å². The number of rotatable bonds is 11. The Bertz CT molecular complexity index is 5370. The van der Waals surface area contributed by atoms with E-state index in [2.05, 4.69) is 98.9 Å². The fourth-order valence-corrected chi connectivity index (χ4v) is 16.8. The van der Waals surface area contributed by atoms with Crippen molar-refractivity contribution in [1.82, 2.24) is 38.3 Å². The molecule has 0 atom stereocenters. The number of likely N-dealkylation sites (N-methyl/N-ethyl adjacent to an activating group) is 2. The molecule has 0 saturated carbocycles. The van der Waals surface area contributed by atoms with Crippen LogP contribution in [0.3, 0.4) is 0 Å². The molecule has 10 heterocycles. The SMILES string of the molecule is CCC(=O)Cn1c2c(c3cccc(Br)c31)CN(C(=O)OCc1ccccc1)CC2.CN1C(=O)Cn2c3c(c4cccc1c42)CN(C(=O)OCc1ccccc1)CC3.CN1CCn2c3c(c4cccc1c42)CN(C(=O)OCc1ccccc1)CC3.O=C(OCc1ccccc1)N1CCc2[nH]c3c(Br)cccc3c2C1. The van der Waals surface area contributed by atoms with Crippen LogP contribution in [0.4, 0.5) is 30.6 Å². The molecule has 0 aliphatic carbocycles. The summed E-state index contributed by atoms with van der Waals surface area (Å²) < 4.78 is 30.8. The highest BCUT2D eigenvalue weighted by Crippen LogP contribution is 2.42. The number of para-hydroxylation sites is 4. The van der Waals surface area contributed by atoms with E-state index in [4.69, 9.17) is 18.9 Å². The highest BCUT2D eigenvalue weighted by atomic mass is 79.9. The summed E-state index contributed by atoms with van der Waals surface area (Å²) >= 11 is 7.22. The number of carbonyl (C=O) groups excluding carboxylic acids is 6. The van der Waals surface area contributed by atoms with Gasteiger partial charge in [0.05, 0.1) is 66.2 Å². The molecule has 6 aliphatic heterocycles. The molecular weight excluding hydrogens is 1490 g/mol. The number of nitrogens with zero attached hydrogens (tertiary/aromatic N) is 9. The fraction of sp³-hybridized carbons (Fsp3) is 0.279. The molecule has 0 unspecified atom stereocenters. The minimum Gasteiger partial charge on any atom is -0.445 e. The maximum absolute atomic E-state index is 12.6. The number of ketones is 1. The minimum absolute atomic E-state index is 0.0862. The van der Waals surface area contributed by atoms with Crippen LogP contribution in [0.15, 0.2) is 203 Å². The van der Waals surface area contributed by atoms with Gasteiger partial charge in [0.1, 0.15) is 33.0 Å². The zero-order valence-electron chi connectivity index (χ0n) is 60.7. The molecule has 22 heteroatoms. The van der Waals surface area contributed by atoms with Gasteiger partial charge in [-0.1, -0.05) is 177 Å². The Hall–Kier alpha value is -11.1. The second kappa shape index (κ2) is 32.2. The van der Waals surface area contributed by atoms with Crippen LogP contribution in [0.5, 0.6) is 0 Å². The quantitative estimate of drug-likeness (QED) is 0.121. The van der Waals surface area contributed by atoms with E-state index < -0.39 is 0 Å². The fourth-order valence-electron chi connectivity index (χ4n) is 15.7. The number of nitrogens with one attached hydrogen (secondary N) is 1. The summed E-state index contributed by atoms with van der Waals surface area (Å²) in [4.78, 5) is 89.5. The average molecular weight is 1580 g/mol. The van der Waals surface area contributed by atoms with Gasteiger partial charge in [-0.05, 0) is 78.4 Å². The van der Waals surface area contributed by atoms with Crippen molar-refractivity contribution in [2.75, 3.05) is 56.6 Å². The third-order valence-electron chi connectivity index (χ3n) is 21.4. The van der Waals surface area contributed by atoms with Gasteiger partial charge in [-0.2, -0.15) is 0 Å². The number of fused-ring (bicyclic) bond motifs is 12. The highest BCUT2D eigenvalue weighted by molar-refractivity contribution is 9.11. The summed E-state index contributed by atoms with van der Waals surface area (Å²) in [6.45, 7) is 10.6. The molecule has 0 fully saturated rings. The average Bonchev–Trinajstić information content (AvgIpc) is 1.59. The molecule has 0 spiro atoms. The molecule has 6 aliphatic rings. The van der Waals surface area contributed by atoms with E-state index in [9.17, 15) is 28.8 Å². The number of aromatic nitrogens is 4. The smallest absolute Gasteiger partial charge is 0.410 e. The van der Waals surface area contributed by atoms with E-state index in [-0.39, 0.29) is 49.3 Å². The van der Waals surface area contributed by atoms with E-state index in [0.717, 1.165) is 119 Å². The van der Waals surface area contributed by atoms with Gasteiger partial charge in [-0.25, -0.2) is 19.2 Å². The van der Waals surface area contributed by atoms with Crippen molar-refractivity contribution in [3.63, 3.8) is 0 Å². The Morgan fingerprint density at radius 3 is 1.29 bits per heavy atom. The number of hydrogen-bond acceptors (Lipinski definition) is 11. The van der Waals surface area contributed by atoms with Gasteiger partial charge in [0.2, 0.25) is 5.91 Å². The van der Waals surface area contributed by atoms with E-state index in [0.29, 0.717) is 91.5 Å². The largest absolute Gasteiger partial charge is 0.445 e. The molecular formula is C86H84Br2N10O10. The maximum atomic E-state index is 12.6. The second-order valence-electron chi connectivity index (χ2n) is 27.9. The Morgan fingerprint density at radius 1 is 0.398 bits per heavy atom. The Labute approximate surface area is 643 Å². The Morgan fingerprint density at radius 2 is 0.796 bits per heavy atom. The van der Waals surface area contributed by atoms with Gasteiger partial charge in [-0.3, -0.25) is 9.59 Å². The number of aromatic amines is 1. The van der Waals surface area contributed by atoms with Crippen LogP contribution in [0.25, 0.3) is 43.6 Å². The van der Waals surface area contributed by atoms with Gasteiger partial charge in [0, 0.05) is 161 Å². The van der Waals surface area contributed by atoms with E-state index in [1.807, 2.05) is 177 Å². The number of anilines is 2. The summed E-state index contributed by atoms with van der Waals surface area (Å²) in [6, 6.07) is 63.7. The van der Waals surface area contributed by atoms with Crippen LogP contribution in [-0.4, -0.2) is 121 Å². The lowest BCUT2D eigenvalue weighted by Gasteiger charge is -2.29. The van der Waals surface area contributed by atoms with Crippen molar-refractivity contribution < 1.29 is 47.7 Å². The normalized spacial score (nSPS) is 14.7. The molecule has 1 N–H and O–H groups in total. The van der Waals surface area contributed by atoms with Crippen LogP contribution in [-0.2, 0) is 126 Å². The number of ether oxygens (including phenoxy) is 4. The predicted molar refractivity (Wildman–Crippen MR) is 424 cm³/mol. The van der Waals surface area contributed by atoms with Crippen LogP contribution < -0.4 is 9.80 Å². The minimum atomic E-state index is -0.306. The summed E-state index contributed by atoms with van der Waals surface area (Å²) in [7, 11) is 3.97. The summed E-state index contributed by atoms with van der Waals surface area (Å²) in [5.41, 5.74) is 20.3. The van der Waals surface area contributed by atoms with E-state index in [1.165, 1.54) is 44.5 Å². The van der Waals surface area contributed by atoms with Crippen LogP contribution >= 0.6 is 31.9 Å². The molecule has 4 aromatic heterocycles. The summed E-state index contributed by atoms with van der Waals surface area (Å²) in [6.07, 6.45) is 2.55. The first-order valence-corrected chi connectivity index (χ1v) is 38.4. The number of H-pyrrole nitrogens is 1. The van der Waals surface area contributed by atoms with Crippen LogP contribution in [0, 0.1) is 0 Å². The number of hydrogen-bond donors (Lipinski definition) is 1. The lowest BCUT2D eigenvalue weighted by Crippen LogP contribution is -2.38. The third kappa shape index (κ3) is 15.0. The zero-order chi connectivity index (χ0) is 74.5. The van der Waals surface area contributed by atoms with Gasteiger partial charge in [0.15, 0.2) is 5.78 Å². The number of Topliss-reactive ketones (excluding diaryl/α,β-unsaturated/α-hetero) is 1. The van der Waals surface area contributed by atoms with Crippen LogP contribution in [0.2, 0.25) is 0 Å². The number of benzene rings is 8. The number of amides is 5. The second-order valence-corrected chi connectivity index (χ2v) is 29.6. The van der Waals surface area contributed by atoms with Crippen molar-refractivity contribution in [3.8, 4) is 0 Å². The molecule has 108 heavy (non-hydrogen) atoms. The molecule has 0 saturated heterocycles. The van der Waals surface area contributed by atoms with Crippen molar-refractivity contribution in [2.45, 2.75) is 111 Å². The predicted octanol–water partition coefficient (Wildman–Crippen LogP) is 16.8. The molecule has 0 bridgehead atoms. The standard InChI is InChI=1S/C23H23BrN2O3.C22H21N3O3.C22H23N3O2.C19H17BrN2O2/c1-2-17(27)13-26-21-11-12-25(23(28)29-15-16-7-4-3-5-8-16)14-19(21)18-9-6-10-20(24)22(18)26;1-23-19-9-5-8-16-17-12-24(22(27)28-14-15-6-3-2-4-7-15)11-10-18(17)25(21(16)19)13-20(23)26;1-23-12-13-25-19-10-11-24(22(26)27-15-16-6-3-2-4-7-16)14-18(19)17-8-5-9-20(23)21(17)25;20-16-8-4-7-14-15-11-22(10-9-17(15)21-18(14)16)19(23)24-12-13-5-2-1-3-6-13/h3-10H,2,11-15H2,1H3;2-9H,10-14H2,1H3;2-9H,10-15H2,1H3;1-8,21H,9-12H2. The summed E-state index contributed by atoms with van der Waals surface area (Å²) in [5, 5.41) is 4.64.